The summed E-state index contributed by atoms with van der Waals surface area (Å²) in [6.07, 6.45) is 25.8. The maximum absolute atomic E-state index is 11.7. The molecule has 3 nitrogen and oxygen atoms in total. The highest BCUT2D eigenvalue weighted by atomic mass is 16.7. The van der Waals surface area contributed by atoms with Gasteiger partial charge in [0.1, 0.15) is 0 Å². The Hall–Kier alpha value is -0.730. The Morgan fingerprint density at radius 1 is 0.567 bits per heavy atom. The number of unbranched alkanes of at least 4 members (excludes halogenated alkanes) is 16. The van der Waals surface area contributed by atoms with Crippen molar-refractivity contribution in [2.24, 2.45) is 5.92 Å². The molecule has 0 amide bonds. The monoisotopic (exact) mass is 426 g/mol. The van der Waals surface area contributed by atoms with Crippen LogP contribution in [0.1, 0.15) is 149 Å². The van der Waals surface area contributed by atoms with Crippen LogP contribution in [-0.2, 0) is 9.47 Å². The predicted molar refractivity (Wildman–Crippen MR) is 130 cm³/mol. The summed E-state index contributed by atoms with van der Waals surface area (Å²) in [6.45, 7) is 7.65. The summed E-state index contributed by atoms with van der Waals surface area (Å²) in [7, 11) is 0. The average molecular weight is 427 g/mol. The molecule has 180 valence electrons. The van der Waals surface area contributed by atoms with E-state index in [-0.39, 0.29) is 0 Å². The zero-order valence-corrected chi connectivity index (χ0v) is 20.9. The molecule has 0 aliphatic rings. The zero-order chi connectivity index (χ0) is 22.1. The van der Waals surface area contributed by atoms with Crippen LogP contribution in [0.2, 0.25) is 0 Å². The van der Waals surface area contributed by atoms with Gasteiger partial charge in [-0.05, 0) is 18.8 Å². The molecule has 0 aromatic rings. The van der Waals surface area contributed by atoms with Crippen molar-refractivity contribution in [1.29, 1.82) is 0 Å². The van der Waals surface area contributed by atoms with Gasteiger partial charge >= 0.3 is 6.16 Å². The minimum atomic E-state index is -0.481. The van der Waals surface area contributed by atoms with Gasteiger partial charge in [-0.25, -0.2) is 4.79 Å². The van der Waals surface area contributed by atoms with Crippen molar-refractivity contribution in [3.05, 3.63) is 0 Å². The van der Waals surface area contributed by atoms with Gasteiger partial charge < -0.3 is 9.47 Å². The molecule has 0 aliphatic heterocycles. The molecule has 0 saturated carbocycles. The molecule has 1 atom stereocenters. The molecule has 0 bridgehead atoms. The first-order valence-electron chi connectivity index (χ1n) is 13.5. The van der Waals surface area contributed by atoms with E-state index in [1.807, 2.05) is 0 Å². The molecule has 3 heteroatoms. The van der Waals surface area contributed by atoms with Crippen molar-refractivity contribution in [2.45, 2.75) is 149 Å². The van der Waals surface area contributed by atoms with Gasteiger partial charge in [0, 0.05) is 0 Å². The summed E-state index contributed by atoms with van der Waals surface area (Å²) in [4.78, 5) is 11.7. The Bertz CT molecular complexity index is 343. The molecule has 1 unspecified atom stereocenters. The standard InChI is InChI=1S/C27H54O3/c1-4-7-9-10-11-12-13-14-15-16-17-18-19-20-21-22-24-29-27(28)30-25-26(6-3)23-8-5-2/h26H,4-25H2,1-3H3. The Labute approximate surface area is 189 Å². The van der Waals surface area contributed by atoms with Gasteiger partial charge in [-0.3, -0.25) is 0 Å². The first-order valence-corrected chi connectivity index (χ1v) is 13.5. The topological polar surface area (TPSA) is 35.5 Å². The van der Waals surface area contributed by atoms with Crippen molar-refractivity contribution < 1.29 is 14.3 Å². The summed E-state index contributed by atoms with van der Waals surface area (Å²) >= 11 is 0. The third kappa shape index (κ3) is 22.0. The van der Waals surface area contributed by atoms with Crippen LogP contribution in [-0.4, -0.2) is 19.4 Å². The number of rotatable bonds is 23. The van der Waals surface area contributed by atoms with E-state index in [0.717, 1.165) is 25.7 Å². The molecule has 30 heavy (non-hydrogen) atoms. The van der Waals surface area contributed by atoms with Crippen LogP contribution < -0.4 is 0 Å². The second-order valence-electron chi connectivity index (χ2n) is 9.13. The van der Waals surface area contributed by atoms with Gasteiger partial charge in [0.05, 0.1) is 13.2 Å². The van der Waals surface area contributed by atoms with Crippen LogP contribution in [0, 0.1) is 5.92 Å². The van der Waals surface area contributed by atoms with E-state index >= 15 is 0 Å². The lowest BCUT2D eigenvalue weighted by Gasteiger charge is -2.14. The maximum atomic E-state index is 11.7. The molecule has 0 saturated heterocycles. The molecule has 0 rings (SSSR count). The SMILES string of the molecule is CCCCCCCCCCCCCCCCCCOC(=O)OCC(CC)CCCC. The second-order valence-corrected chi connectivity index (χ2v) is 9.13. The molecule has 0 N–H and O–H groups in total. The highest BCUT2D eigenvalue weighted by Crippen LogP contribution is 2.15. The fourth-order valence-electron chi connectivity index (χ4n) is 3.93. The number of carbonyl (C=O) groups is 1. The van der Waals surface area contributed by atoms with E-state index in [2.05, 4.69) is 20.8 Å². The minimum Gasteiger partial charge on any atom is -0.434 e. The first kappa shape index (κ1) is 29.3. The van der Waals surface area contributed by atoms with Gasteiger partial charge in [0.25, 0.3) is 0 Å². The lowest BCUT2D eigenvalue weighted by Crippen LogP contribution is -2.15. The Morgan fingerprint density at radius 2 is 1.00 bits per heavy atom. The summed E-state index contributed by atoms with van der Waals surface area (Å²) in [5.74, 6) is 0.480. The van der Waals surface area contributed by atoms with Crippen molar-refractivity contribution in [3.8, 4) is 0 Å². The van der Waals surface area contributed by atoms with Crippen LogP contribution in [0.15, 0.2) is 0 Å². The Morgan fingerprint density at radius 3 is 1.43 bits per heavy atom. The number of hydrogen-bond acceptors (Lipinski definition) is 3. The molecular formula is C27H54O3. The van der Waals surface area contributed by atoms with Crippen molar-refractivity contribution in [3.63, 3.8) is 0 Å². The lowest BCUT2D eigenvalue weighted by molar-refractivity contribution is 0.0415. The molecule has 0 aromatic heterocycles. The molecule has 0 spiro atoms. The van der Waals surface area contributed by atoms with Crippen LogP contribution in [0.3, 0.4) is 0 Å². The Kier molecular flexibility index (Phi) is 23.9. The fraction of sp³-hybridized carbons (Fsp3) is 0.963. The van der Waals surface area contributed by atoms with E-state index in [1.54, 1.807) is 0 Å². The van der Waals surface area contributed by atoms with Crippen LogP contribution in [0.5, 0.6) is 0 Å². The first-order chi connectivity index (χ1) is 14.7. The third-order valence-electron chi connectivity index (χ3n) is 6.20. The molecule has 0 radical (unpaired) electrons. The Balaban J connectivity index is 3.24. The molecular weight excluding hydrogens is 372 g/mol. The molecule has 0 fully saturated rings. The summed E-state index contributed by atoms with van der Waals surface area (Å²) in [5.41, 5.74) is 0. The van der Waals surface area contributed by atoms with E-state index < -0.39 is 6.16 Å². The average Bonchev–Trinajstić information content (AvgIpc) is 2.76. The quantitative estimate of drug-likeness (QED) is 0.120. The van der Waals surface area contributed by atoms with Crippen molar-refractivity contribution in [2.75, 3.05) is 13.2 Å². The summed E-state index contributed by atoms with van der Waals surface area (Å²) < 4.78 is 10.5. The smallest absolute Gasteiger partial charge is 0.434 e. The maximum Gasteiger partial charge on any atom is 0.508 e. The fourth-order valence-corrected chi connectivity index (χ4v) is 3.93. The normalized spacial score (nSPS) is 12.1. The summed E-state index contributed by atoms with van der Waals surface area (Å²) in [5, 5.41) is 0. The van der Waals surface area contributed by atoms with Crippen LogP contribution in [0.25, 0.3) is 0 Å². The van der Waals surface area contributed by atoms with Crippen molar-refractivity contribution in [1.82, 2.24) is 0 Å². The van der Waals surface area contributed by atoms with E-state index in [9.17, 15) is 4.79 Å². The number of hydrogen-bond donors (Lipinski definition) is 0. The number of ether oxygens (including phenoxy) is 2. The van der Waals surface area contributed by atoms with Gasteiger partial charge in [-0.1, -0.05) is 136 Å². The highest BCUT2D eigenvalue weighted by Gasteiger charge is 2.10. The largest absolute Gasteiger partial charge is 0.508 e. The van der Waals surface area contributed by atoms with Gasteiger partial charge in [-0.15, -0.1) is 0 Å². The molecule has 0 aliphatic carbocycles. The molecule has 0 aromatic carbocycles. The van der Waals surface area contributed by atoms with E-state index in [4.69, 9.17) is 9.47 Å². The van der Waals surface area contributed by atoms with Gasteiger partial charge in [0.15, 0.2) is 0 Å². The highest BCUT2D eigenvalue weighted by molar-refractivity contribution is 5.59. The molecule has 0 heterocycles. The second kappa shape index (κ2) is 24.5. The van der Waals surface area contributed by atoms with Gasteiger partial charge in [0.2, 0.25) is 0 Å². The van der Waals surface area contributed by atoms with Crippen molar-refractivity contribution >= 4 is 6.16 Å². The van der Waals surface area contributed by atoms with E-state index in [0.29, 0.717) is 19.1 Å². The van der Waals surface area contributed by atoms with Crippen LogP contribution >= 0.6 is 0 Å². The minimum absolute atomic E-state index is 0.480. The third-order valence-corrected chi connectivity index (χ3v) is 6.20. The lowest BCUT2D eigenvalue weighted by atomic mass is 10.0. The number of carbonyl (C=O) groups excluding carboxylic acids is 1. The zero-order valence-electron chi connectivity index (χ0n) is 20.9. The predicted octanol–water partition coefficient (Wildman–Crippen LogP) is 9.62. The van der Waals surface area contributed by atoms with E-state index in [1.165, 1.54) is 103 Å². The van der Waals surface area contributed by atoms with Gasteiger partial charge in [-0.2, -0.15) is 0 Å². The van der Waals surface area contributed by atoms with Crippen LogP contribution in [0.4, 0.5) is 4.79 Å². The summed E-state index contributed by atoms with van der Waals surface area (Å²) in [6, 6.07) is 0.